The van der Waals surface area contributed by atoms with Crippen LogP contribution in [0.15, 0.2) is 72.8 Å². The van der Waals surface area contributed by atoms with Crippen molar-refractivity contribution < 1.29 is 14.0 Å². The van der Waals surface area contributed by atoms with Crippen LogP contribution in [0.4, 0.5) is 21.5 Å². The highest BCUT2D eigenvalue weighted by atomic mass is 35.5. The van der Waals surface area contributed by atoms with Crippen molar-refractivity contribution in [2.75, 3.05) is 36.5 Å². The Bertz CT molecular complexity index is 1260. The van der Waals surface area contributed by atoms with E-state index in [1.807, 2.05) is 11.9 Å². The number of benzene rings is 3. The van der Waals surface area contributed by atoms with Gasteiger partial charge in [0.2, 0.25) is 11.8 Å². The Morgan fingerprint density at radius 3 is 2.51 bits per heavy atom. The first kappa shape index (κ1) is 24.4. The fourth-order valence-electron chi connectivity index (χ4n) is 4.25. The van der Waals surface area contributed by atoms with Gasteiger partial charge in [0.1, 0.15) is 5.82 Å². The number of nitrogen functional groups attached to an aromatic ring is 1. The lowest BCUT2D eigenvalue weighted by molar-refractivity contribution is -0.119. The van der Waals surface area contributed by atoms with E-state index >= 15 is 4.39 Å². The molecule has 0 unspecified atom stereocenters. The highest BCUT2D eigenvalue weighted by Gasteiger charge is 2.38. The van der Waals surface area contributed by atoms with Crippen LogP contribution in [0.25, 0.3) is 6.08 Å². The number of nitrogens with zero attached hydrogens (tertiary/aromatic N) is 1. The topological polar surface area (TPSA) is 87.5 Å². The zero-order chi connectivity index (χ0) is 24.9. The molecule has 4 N–H and O–H groups in total. The van der Waals surface area contributed by atoms with Crippen LogP contribution in [-0.2, 0) is 9.59 Å². The third-order valence-electron chi connectivity index (χ3n) is 6.02. The van der Waals surface area contributed by atoms with E-state index in [2.05, 4.69) is 10.6 Å². The largest absolute Gasteiger partial charge is 0.397 e. The molecule has 0 radical (unpaired) electrons. The fraction of sp³-hybridized carbons (Fsp3) is 0.185. The Morgan fingerprint density at radius 2 is 1.80 bits per heavy atom. The number of likely N-dealkylation sites (N-methyl/N-ethyl adjacent to an activating group) is 1. The lowest BCUT2D eigenvalue weighted by Gasteiger charge is -2.19. The summed E-state index contributed by atoms with van der Waals surface area (Å²) >= 11 is 5.92. The van der Waals surface area contributed by atoms with Gasteiger partial charge in [-0.05, 0) is 66.7 Å². The highest BCUT2D eigenvalue weighted by molar-refractivity contribution is 6.30. The van der Waals surface area contributed by atoms with Gasteiger partial charge in [-0.1, -0.05) is 35.9 Å². The monoisotopic (exact) mass is 492 g/mol. The van der Waals surface area contributed by atoms with Crippen LogP contribution in [0.2, 0.25) is 5.02 Å². The third-order valence-corrected chi connectivity index (χ3v) is 6.27. The van der Waals surface area contributed by atoms with E-state index < -0.39 is 11.7 Å². The number of amides is 2. The molecule has 35 heavy (non-hydrogen) atoms. The lowest BCUT2D eigenvalue weighted by atomic mass is 9.87. The maximum absolute atomic E-state index is 15.1. The predicted octanol–water partition coefficient (Wildman–Crippen LogP) is 5.00. The minimum atomic E-state index is -0.413. The number of para-hydroxylation sites is 2. The van der Waals surface area contributed by atoms with Crippen LogP contribution in [0.3, 0.4) is 0 Å². The molecular weight excluding hydrogens is 467 g/mol. The van der Waals surface area contributed by atoms with E-state index in [0.717, 1.165) is 0 Å². The molecule has 0 aliphatic carbocycles. The van der Waals surface area contributed by atoms with Gasteiger partial charge >= 0.3 is 0 Å². The molecule has 3 aromatic rings. The molecule has 180 valence electrons. The zero-order valence-electron chi connectivity index (χ0n) is 19.2. The quantitative estimate of drug-likeness (QED) is 0.334. The molecule has 2 atom stereocenters. The van der Waals surface area contributed by atoms with Crippen molar-refractivity contribution in [3.8, 4) is 0 Å². The van der Waals surface area contributed by atoms with Crippen molar-refractivity contribution in [2.45, 2.75) is 5.92 Å². The van der Waals surface area contributed by atoms with Crippen LogP contribution < -0.4 is 16.4 Å². The van der Waals surface area contributed by atoms with Gasteiger partial charge in [-0.3, -0.25) is 9.59 Å². The molecule has 8 heteroatoms. The molecule has 0 spiro atoms. The Kier molecular flexibility index (Phi) is 7.48. The first-order valence-electron chi connectivity index (χ1n) is 11.2. The number of nitrogens with one attached hydrogen (secondary N) is 2. The van der Waals surface area contributed by atoms with Crippen LogP contribution in [0.5, 0.6) is 0 Å². The molecule has 1 aliphatic heterocycles. The van der Waals surface area contributed by atoms with E-state index in [9.17, 15) is 9.59 Å². The van der Waals surface area contributed by atoms with Crippen LogP contribution in [-0.4, -0.2) is 36.9 Å². The first-order valence-corrected chi connectivity index (χ1v) is 11.6. The number of nitrogens with two attached hydrogens (primary N) is 1. The van der Waals surface area contributed by atoms with Gasteiger partial charge in [0.15, 0.2) is 0 Å². The lowest BCUT2D eigenvalue weighted by Crippen LogP contribution is -2.28. The van der Waals surface area contributed by atoms with E-state index in [1.54, 1.807) is 60.7 Å². The standard InChI is InChI=1S/C27H26ClFN4O2/c1-33-15-21(22(16-33)27(35)31-19-10-8-18(28)9-11-19)20-12-6-17(14-23(20)29)7-13-26(34)32-25-5-3-2-4-24(25)30/h2-14,21-22H,15-16,30H2,1H3,(H,31,35)(H,32,34)/t21-,22+/m1/s1. The normalized spacial score (nSPS) is 18.0. The van der Waals surface area contributed by atoms with Gasteiger partial charge in [-0.25, -0.2) is 4.39 Å². The summed E-state index contributed by atoms with van der Waals surface area (Å²) in [5.41, 5.74) is 8.47. The summed E-state index contributed by atoms with van der Waals surface area (Å²) < 4.78 is 15.1. The Labute approximate surface area is 208 Å². The van der Waals surface area contributed by atoms with E-state index in [-0.39, 0.29) is 17.7 Å². The second kappa shape index (κ2) is 10.7. The third kappa shape index (κ3) is 6.07. The summed E-state index contributed by atoms with van der Waals surface area (Å²) in [6, 6.07) is 18.6. The molecule has 0 aromatic heterocycles. The van der Waals surface area contributed by atoms with Crippen molar-refractivity contribution in [1.29, 1.82) is 0 Å². The van der Waals surface area contributed by atoms with Gasteiger partial charge in [-0.2, -0.15) is 0 Å². The smallest absolute Gasteiger partial charge is 0.248 e. The summed E-state index contributed by atoms with van der Waals surface area (Å²) in [6.45, 7) is 1.08. The fourth-order valence-corrected chi connectivity index (χ4v) is 4.38. The molecule has 1 aliphatic rings. The summed E-state index contributed by atoms with van der Waals surface area (Å²) in [4.78, 5) is 27.2. The number of rotatable bonds is 6. The SMILES string of the molecule is CN1C[C@H](C(=O)Nc2ccc(Cl)cc2)[C@@H](c2ccc(C=CC(=O)Nc3ccccc3N)cc2F)C1. The van der Waals surface area contributed by atoms with Crippen LogP contribution >= 0.6 is 11.6 Å². The number of hydrogen-bond acceptors (Lipinski definition) is 4. The van der Waals surface area contributed by atoms with Gasteiger partial charge in [-0.15, -0.1) is 0 Å². The van der Waals surface area contributed by atoms with Crippen molar-refractivity contribution in [1.82, 2.24) is 4.90 Å². The van der Waals surface area contributed by atoms with Gasteiger partial charge in [0, 0.05) is 35.8 Å². The highest BCUT2D eigenvalue weighted by Crippen LogP contribution is 2.35. The van der Waals surface area contributed by atoms with Gasteiger partial charge < -0.3 is 21.3 Å². The van der Waals surface area contributed by atoms with Gasteiger partial charge in [0.25, 0.3) is 0 Å². The summed E-state index contributed by atoms with van der Waals surface area (Å²) in [5, 5.41) is 6.19. The van der Waals surface area contributed by atoms with Crippen molar-refractivity contribution in [2.24, 2.45) is 5.92 Å². The maximum atomic E-state index is 15.1. The van der Waals surface area contributed by atoms with Crippen molar-refractivity contribution in [3.05, 3.63) is 94.8 Å². The minimum Gasteiger partial charge on any atom is -0.397 e. The first-order chi connectivity index (χ1) is 16.8. The zero-order valence-corrected chi connectivity index (χ0v) is 19.9. The second-order valence-electron chi connectivity index (χ2n) is 8.62. The van der Waals surface area contributed by atoms with E-state index in [4.69, 9.17) is 17.3 Å². The number of carbonyl (C=O) groups excluding carboxylic acids is 2. The Morgan fingerprint density at radius 1 is 1.06 bits per heavy atom. The van der Waals surface area contributed by atoms with Crippen LogP contribution in [0.1, 0.15) is 17.0 Å². The second-order valence-corrected chi connectivity index (χ2v) is 9.06. The Balaban J connectivity index is 1.45. The average molecular weight is 493 g/mol. The van der Waals surface area contributed by atoms with E-state index in [1.165, 1.54) is 18.2 Å². The molecule has 1 saturated heterocycles. The van der Waals surface area contributed by atoms with E-state index in [0.29, 0.717) is 46.3 Å². The molecule has 0 bridgehead atoms. The van der Waals surface area contributed by atoms with Crippen LogP contribution in [0, 0.1) is 11.7 Å². The summed E-state index contributed by atoms with van der Waals surface area (Å²) in [5.74, 6) is -1.65. The number of likely N-dealkylation sites (tertiary alicyclic amines) is 1. The molecule has 3 aromatic carbocycles. The molecule has 2 amide bonds. The van der Waals surface area contributed by atoms with Crippen molar-refractivity contribution in [3.63, 3.8) is 0 Å². The number of hydrogen-bond donors (Lipinski definition) is 3. The molecular formula is C27H26ClFN4O2. The molecule has 4 rings (SSSR count). The summed E-state index contributed by atoms with van der Waals surface area (Å²) in [7, 11) is 1.91. The number of halogens is 2. The maximum Gasteiger partial charge on any atom is 0.248 e. The van der Waals surface area contributed by atoms with Crippen molar-refractivity contribution >= 4 is 46.6 Å². The molecule has 1 heterocycles. The van der Waals surface area contributed by atoms with Gasteiger partial charge in [0.05, 0.1) is 17.3 Å². The number of carbonyl (C=O) groups is 2. The predicted molar refractivity (Wildman–Crippen MR) is 139 cm³/mol. The Hall–Kier alpha value is -3.68. The average Bonchev–Trinajstić information content (AvgIpc) is 3.22. The minimum absolute atomic E-state index is 0.165. The molecule has 1 fully saturated rings. The molecule has 6 nitrogen and oxygen atoms in total. The molecule has 0 saturated carbocycles. The summed E-state index contributed by atoms with van der Waals surface area (Å²) in [6.07, 6.45) is 2.86. The number of anilines is 3.